The molecule has 0 rings (SSSR count). The minimum Gasteiger partial charge on any atom is -0.383 e. The van der Waals surface area contributed by atoms with Gasteiger partial charge in [0.05, 0.1) is 13.2 Å². The van der Waals surface area contributed by atoms with Crippen molar-refractivity contribution in [3.8, 4) is 0 Å². The second-order valence-electron chi connectivity index (χ2n) is 4.71. The van der Waals surface area contributed by atoms with E-state index >= 15 is 0 Å². The van der Waals surface area contributed by atoms with Crippen molar-refractivity contribution in [1.82, 2.24) is 4.90 Å². The van der Waals surface area contributed by atoms with Crippen LogP contribution in [0.2, 0.25) is 0 Å². The summed E-state index contributed by atoms with van der Waals surface area (Å²) in [4.78, 5) is 14.1. The molecule has 108 valence electrons. The molecule has 0 aliphatic rings. The van der Waals surface area contributed by atoms with Crippen LogP contribution in [0.3, 0.4) is 0 Å². The van der Waals surface area contributed by atoms with E-state index in [1.165, 1.54) is 0 Å². The van der Waals surface area contributed by atoms with Crippen LogP contribution in [0.5, 0.6) is 0 Å². The van der Waals surface area contributed by atoms with E-state index in [1.54, 1.807) is 35.2 Å². The predicted molar refractivity (Wildman–Crippen MR) is 70.9 cm³/mol. The van der Waals surface area contributed by atoms with Gasteiger partial charge in [-0.3, -0.25) is 9.69 Å². The first-order valence-electron chi connectivity index (χ1n) is 6.26. The Hall–Kier alpha value is -0.490. The van der Waals surface area contributed by atoms with Gasteiger partial charge in [0, 0.05) is 47.4 Å². The van der Waals surface area contributed by atoms with Gasteiger partial charge in [-0.15, -0.1) is 0 Å². The number of carbonyl (C=O) groups is 1. The monoisotopic (exact) mass is 261 g/mol. The number of hydrogen-bond acceptors (Lipinski definition) is 5. The fourth-order valence-electron chi connectivity index (χ4n) is 1.45. The van der Waals surface area contributed by atoms with Crippen molar-refractivity contribution in [2.75, 3.05) is 54.2 Å². The summed E-state index contributed by atoms with van der Waals surface area (Å²) < 4.78 is 15.3. The van der Waals surface area contributed by atoms with Gasteiger partial charge in [0.1, 0.15) is 5.60 Å². The van der Waals surface area contributed by atoms with Crippen molar-refractivity contribution < 1.29 is 19.0 Å². The smallest absolute Gasteiger partial charge is 0.165 e. The predicted octanol–water partition coefficient (Wildman–Crippen LogP) is 0.965. The summed E-state index contributed by atoms with van der Waals surface area (Å²) >= 11 is 0. The molecule has 0 fully saturated rings. The molecule has 0 aromatic carbocycles. The lowest BCUT2D eigenvalue weighted by molar-refractivity contribution is -0.137. The number of methoxy groups -OCH3 is 3. The number of Topliss-reactive ketones (excluding diaryl/α,β-unsaturated/α-hetero) is 1. The van der Waals surface area contributed by atoms with Gasteiger partial charge in [-0.2, -0.15) is 0 Å². The van der Waals surface area contributed by atoms with Gasteiger partial charge < -0.3 is 14.2 Å². The van der Waals surface area contributed by atoms with Crippen LogP contribution in [0.15, 0.2) is 0 Å². The maximum absolute atomic E-state index is 11.9. The number of carbonyl (C=O) groups excluding carboxylic acids is 1. The molecule has 0 aromatic rings. The van der Waals surface area contributed by atoms with Gasteiger partial charge in [-0.25, -0.2) is 0 Å². The molecule has 0 unspecified atom stereocenters. The summed E-state index contributed by atoms with van der Waals surface area (Å²) in [5, 5.41) is 0. The molecular formula is C13H27NO4. The Morgan fingerprint density at radius 2 is 1.50 bits per heavy atom. The van der Waals surface area contributed by atoms with E-state index in [4.69, 9.17) is 14.2 Å². The highest BCUT2D eigenvalue weighted by atomic mass is 16.5. The maximum Gasteiger partial charge on any atom is 0.165 e. The highest BCUT2D eigenvalue weighted by Gasteiger charge is 2.26. The zero-order chi connectivity index (χ0) is 14.0. The minimum absolute atomic E-state index is 0.116. The molecule has 0 radical (unpaired) electrons. The topological polar surface area (TPSA) is 48.0 Å². The summed E-state index contributed by atoms with van der Waals surface area (Å²) in [5.41, 5.74) is -0.700. The summed E-state index contributed by atoms with van der Waals surface area (Å²) in [7, 11) is 4.91. The largest absolute Gasteiger partial charge is 0.383 e. The third kappa shape index (κ3) is 7.06. The quantitative estimate of drug-likeness (QED) is 0.554. The Bertz CT molecular complexity index is 223. The summed E-state index contributed by atoms with van der Waals surface area (Å²) in [5.74, 6) is 0.116. The lowest BCUT2D eigenvalue weighted by Crippen LogP contribution is -2.38. The fourth-order valence-corrected chi connectivity index (χ4v) is 1.45. The van der Waals surface area contributed by atoms with E-state index in [1.807, 2.05) is 0 Å². The van der Waals surface area contributed by atoms with Crippen molar-refractivity contribution in [2.45, 2.75) is 25.9 Å². The van der Waals surface area contributed by atoms with Gasteiger partial charge in [0.25, 0.3) is 0 Å². The Labute approximate surface area is 110 Å². The first-order valence-corrected chi connectivity index (χ1v) is 6.26. The molecule has 5 nitrogen and oxygen atoms in total. The van der Waals surface area contributed by atoms with Crippen LogP contribution < -0.4 is 0 Å². The number of rotatable bonds is 11. The van der Waals surface area contributed by atoms with Gasteiger partial charge in [0.15, 0.2) is 5.78 Å². The second kappa shape index (κ2) is 9.44. The number of hydrogen-bond donors (Lipinski definition) is 0. The van der Waals surface area contributed by atoms with Crippen LogP contribution in [-0.2, 0) is 19.0 Å². The Morgan fingerprint density at radius 1 is 1.00 bits per heavy atom. The zero-order valence-electron chi connectivity index (χ0n) is 12.3. The first-order chi connectivity index (χ1) is 8.47. The summed E-state index contributed by atoms with van der Waals surface area (Å²) in [6.45, 7) is 7.23. The average molecular weight is 261 g/mol. The van der Waals surface area contributed by atoms with Gasteiger partial charge in [0.2, 0.25) is 0 Å². The molecule has 0 saturated heterocycles. The van der Waals surface area contributed by atoms with E-state index in [-0.39, 0.29) is 5.78 Å². The highest BCUT2D eigenvalue weighted by molar-refractivity contribution is 5.86. The standard InChI is InChI=1S/C13H27NO4/c1-13(2,18-5)12(15)6-7-14(8-10-16-3)9-11-17-4/h6-11H2,1-5H3. The zero-order valence-corrected chi connectivity index (χ0v) is 12.3. The van der Waals surface area contributed by atoms with Crippen LogP contribution >= 0.6 is 0 Å². The molecule has 5 heteroatoms. The number of nitrogens with zero attached hydrogens (tertiary/aromatic N) is 1. The molecule has 0 aliphatic carbocycles. The fraction of sp³-hybridized carbons (Fsp3) is 0.923. The first kappa shape index (κ1) is 17.5. The molecule has 0 heterocycles. The second-order valence-corrected chi connectivity index (χ2v) is 4.71. The van der Waals surface area contributed by atoms with Crippen molar-refractivity contribution >= 4 is 5.78 Å². The Balaban J connectivity index is 4.11. The van der Waals surface area contributed by atoms with Crippen LogP contribution in [0.1, 0.15) is 20.3 Å². The van der Waals surface area contributed by atoms with Gasteiger partial charge in [-0.1, -0.05) is 0 Å². The average Bonchev–Trinajstić information content (AvgIpc) is 2.37. The molecule has 0 aromatic heterocycles. The lowest BCUT2D eigenvalue weighted by atomic mass is 10.0. The molecule has 0 bridgehead atoms. The SMILES string of the molecule is COCCN(CCOC)CCC(=O)C(C)(C)OC. The molecule has 0 atom stereocenters. The normalized spacial score (nSPS) is 12.1. The van der Waals surface area contributed by atoms with Gasteiger partial charge in [-0.05, 0) is 13.8 Å². The third-order valence-corrected chi connectivity index (χ3v) is 3.06. The molecule has 0 amide bonds. The highest BCUT2D eigenvalue weighted by Crippen LogP contribution is 2.11. The van der Waals surface area contributed by atoms with Gasteiger partial charge >= 0.3 is 0 Å². The minimum atomic E-state index is -0.700. The lowest BCUT2D eigenvalue weighted by Gasteiger charge is -2.25. The molecule has 18 heavy (non-hydrogen) atoms. The van der Waals surface area contributed by atoms with E-state index in [2.05, 4.69) is 4.90 Å². The molecule has 0 saturated carbocycles. The number of ketones is 1. The summed E-state index contributed by atoms with van der Waals surface area (Å²) in [6, 6.07) is 0. The van der Waals surface area contributed by atoms with E-state index in [0.29, 0.717) is 26.2 Å². The summed E-state index contributed by atoms with van der Waals surface area (Å²) in [6.07, 6.45) is 0.480. The molecule has 0 N–H and O–H groups in total. The van der Waals surface area contributed by atoms with Crippen molar-refractivity contribution in [1.29, 1.82) is 0 Å². The van der Waals surface area contributed by atoms with E-state index < -0.39 is 5.60 Å². The molecule has 0 aliphatic heterocycles. The van der Waals surface area contributed by atoms with Crippen molar-refractivity contribution in [2.24, 2.45) is 0 Å². The molecular weight excluding hydrogens is 234 g/mol. The number of ether oxygens (including phenoxy) is 3. The van der Waals surface area contributed by atoms with E-state index in [0.717, 1.165) is 13.1 Å². The van der Waals surface area contributed by atoms with Crippen molar-refractivity contribution in [3.63, 3.8) is 0 Å². The molecule has 0 spiro atoms. The van der Waals surface area contributed by atoms with Crippen LogP contribution in [-0.4, -0.2) is 70.5 Å². The van der Waals surface area contributed by atoms with Crippen molar-refractivity contribution in [3.05, 3.63) is 0 Å². The van der Waals surface area contributed by atoms with Crippen LogP contribution in [0, 0.1) is 0 Å². The third-order valence-electron chi connectivity index (χ3n) is 3.06. The maximum atomic E-state index is 11.9. The Kier molecular flexibility index (Phi) is 9.18. The van der Waals surface area contributed by atoms with Crippen LogP contribution in [0.25, 0.3) is 0 Å². The van der Waals surface area contributed by atoms with E-state index in [9.17, 15) is 4.79 Å². The Morgan fingerprint density at radius 3 is 1.89 bits per heavy atom. The van der Waals surface area contributed by atoms with Crippen LogP contribution in [0.4, 0.5) is 0 Å².